The molecule has 1 heterocycles. The topological polar surface area (TPSA) is 74.5 Å². The highest BCUT2D eigenvalue weighted by atomic mass is 35.5. The lowest BCUT2D eigenvalue weighted by Gasteiger charge is -2.07. The Bertz CT molecular complexity index is 602. The number of nitro benzene ring substituents is 1. The van der Waals surface area contributed by atoms with E-state index in [4.69, 9.17) is 21.1 Å². The number of hydrogen-bond donors (Lipinski definition) is 0. The summed E-state index contributed by atoms with van der Waals surface area (Å²) in [5.41, 5.74) is -0.114. The molecule has 1 aromatic heterocycles. The minimum Gasteiger partial charge on any atom is -0.497 e. The lowest BCUT2D eigenvalue weighted by molar-refractivity contribution is -0.386. The molecule has 0 unspecified atom stereocenters. The summed E-state index contributed by atoms with van der Waals surface area (Å²) in [6, 6.07) is 4.32. The Labute approximate surface area is 117 Å². The van der Waals surface area contributed by atoms with Crippen molar-refractivity contribution in [3.05, 3.63) is 43.9 Å². The van der Waals surface area contributed by atoms with E-state index in [-0.39, 0.29) is 18.0 Å². The molecule has 0 N–H and O–H groups in total. The van der Waals surface area contributed by atoms with Crippen LogP contribution in [0.25, 0.3) is 0 Å². The third-order valence-electron chi connectivity index (χ3n) is 2.26. The number of hydrogen-bond acceptors (Lipinski definition) is 6. The smallest absolute Gasteiger partial charge is 0.311 e. The number of halogens is 1. The molecule has 0 saturated heterocycles. The third-order valence-corrected chi connectivity index (χ3v) is 3.35. The Hall–Kier alpha value is -1.86. The van der Waals surface area contributed by atoms with Gasteiger partial charge in [0.1, 0.15) is 12.4 Å². The molecular formula is C11H9ClN2O4S. The van der Waals surface area contributed by atoms with E-state index in [1.165, 1.54) is 36.6 Å². The first-order chi connectivity index (χ1) is 9.10. The highest BCUT2D eigenvalue weighted by Gasteiger charge is 2.16. The highest BCUT2D eigenvalue weighted by Crippen LogP contribution is 2.32. The average molecular weight is 301 g/mol. The van der Waals surface area contributed by atoms with Crippen LogP contribution in [0, 0.1) is 10.1 Å². The molecule has 100 valence electrons. The quantitative estimate of drug-likeness (QED) is 0.625. The lowest BCUT2D eigenvalue weighted by atomic mass is 10.3. The second kappa shape index (κ2) is 5.85. The van der Waals surface area contributed by atoms with Crippen LogP contribution in [0.15, 0.2) is 24.4 Å². The number of aromatic nitrogens is 1. The molecule has 0 aliphatic rings. The van der Waals surface area contributed by atoms with Gasteiger partial charge in [0.25, 0.3) is 0 Å². The maximum absolute atomic E-state index is 10.9. The number of ether oxygens (including phenoxy) is 2. The first-order valence-electron chi connectivity index (χ1n) is 5.15. The molecule has 0 saturated carbocycles. The Balaban J connectivity index is 2.19. The molecule has 1 aromatic carbocycles. The second-order valence-electron chi connectivity index (χ2n) is 3.46. The maximum Gasteiger partial charge on any atom is 0.311 e. The molecule has 0 atom stereocenters. The van der Waals surface area contributed by atoms with Crippen LogP contribution in [-0.2, 0) is 6.61 Å². The van der Waals surface area contributed by atoms with Gasteiger partial charge in [-0.2, -0.15) is 0 Å². The normalized spacial score (nSPS) is 10.2. The summed E-state index contributed by atoms with van der Waals surface area (Å²) in [5, 5.41) is 10.9. The summed E-state index contributed by atoms with van der Waals surface area (Å²) in [6.07, 6.45) is 1.57. The number of nitrogens with zero attached hydrogens (tertiary/aromatic N) is 2. The van der Waals surface area contributed by atoms with Gasteiger partial charge in [-0.1, -0.05) is 11.6 Å². The van der Waals surface area contributed by atoms with Crippen LogP contribution in [0.4, 0.5) is 5.69 Å². The number of benzene rings is 1. The van der Waals surface area contributed by atoms with E-state index >= 15 is 0 Å². The van der Waals surface area contributed by atoms with E-state index in [1.807, 2.05) is 0 Å². The average Bonchev–Trinajstić information content (AvgIpc) is 2.81. The molecule has 0 radical (unpaired) electrons. The summed E-state index contributed by atoms with van der Waals surface area (Å²) in [6.45, 7) is 0.165. The Kier molecular flexibility index (Phi) is 4.18. The molecule has 8 heteroatoms. The molecule has 0 aliphatic heterocycles. The fraction of sp³-hybridized carbons (Fsp3) is 0.182. The summed E-state index contributed by atoms with van der Waals surface area (Å²) in [5.74, 6) is 0.636. The fourth-order valence-corrected chi connectivity index (χ4v) is 2.28. The monoisotopic (exact) mass is 300 g/mol. The van der Waals surface area contributed by atoms with Gasteiger partial charge in [-0.3, -0.25) is 10.1 Å². The van der Waals surface area contributed by atoms with E-state index in [1.54, 1.807) is 6.20 Å². The lowest BCUT2D eigenvalue weighted by Crippen LogP contribution is -1.98. The van der Waals surface area contributed by atoms with Gasteiger partial charge in [0.2, 0.25) is 5.75 Å². The Morgan fingerprint density at radius 1 is 1.53 bits per heavy atom. The largest absolute Gasteiger partial charge is 0.497 e. The number of thiazole rings is 1. The molecule has 0 aliphatic carbocycles. The van der Waals surface area contributed by atoms with Crippen molar-refractivity contribution in [2.24, 2.45) is 0 Å². The minimum absolute atomic E-state index is 0.114. The van der Waals surface area contributed by atoms with E-state index in [0.717, 1.165) is 4.88 Å². The van der Waals surface area contributed by atoms with Gasteiger partial charge in [-0.25, -0.2) is 4.98 Å². The van der Waals surface area contributed by atoms with Crippen molar-refractivity contribution in [1.29, 1.82) is 0 Å². The second-order valence-corrected chi connectivity index (χ2v) is 5.16. The summed E-state index contributed by atoms with van der Waals surface area (Å²) < 4.78 is 10.8. The van der Waals surface area contributed by atoms with Crippen LogP contribution in [0.3, 0.4) is 0 Å². The predicted octanol–water partition coefficient (Wildman–Crippen LogP) is 3.29. The first-order valence-corrected chi connectivity index (χ1v) is 6.35. The molecular weight excluding hydrogens is 292 g/mol. The highest BCUT2D eigenvalue weighted by molar-refractivity contribution is 7.15. The van der Waals surface area contributed by atoms with Gasteiger partial charge < -0.3 is 9.47 Å². The van der Waals surface area contributed by atoms with Crippen LogP contribution in [0.1, 0.15) is 4.88 Å². The molecule has 0 bridgehead atoms. The van der Waals surface area contributed by atoms with Gasteiger partial charge in [0.05, 0.1) is 16.9 Å². The van der Waals surface area contributed by atoms with Crippen LogP contribution in [-0.4, -0.2) is 17.0 Å². The number of rotatable bonds is 5. The van der Waals surface area contributed by atoms with Crippen LogP contribution in [0.2, 0.25) is 4.47 Å². The summed E-state index contributed by atoms with van der Waals surface area (Å²) in [7, 11) is 1.48. The summed E-state index contributed by atoms with van der Waals surface area (Å²) in [4.78, 5) is 15.0. The SMILES string of the molecule is COc1ccc([N+](=O)[O-])c(OCc2cnc(Cl)s2)c1. The molecule has 0 fully saturated rings. The fourth-order valence-electron chi connectivity index (χ4n) is 1.39. The van der Waals surface area contributed by atoms with E-state index in [0.29, 0.717) is 10.2 Å². The molecule has 19 heavy (non-hydrogen) atoms. The van der Waals surface area contributed by atoms with Gasteiger partial charge >= 0.3 is 5.69 Å². The van der Waals surface area contributed by atoms with Crippen molar-refractivity contribution in [3.8, 4) is 11.5 Å². The van der Waals surface area contributed by atoms with Crippen molar-refractivity contribution in [2.45, 2.75) is 6.61 Å². The van der Waals surface area contributed by atoms with Crippen LogP contribution in [0.5, 0.6) is 11.5 Å². The van der Waals surface area contributed by atoms with Crippen molar-refractivity contribution in [1.82, 2.24) is 4.98 Å². The van der Waals surface area contributed by atoms with Gasteiger partial charge in [0, 0.05) is 18.3 Å². The molecule has 6 nitrogen and oxygen atoms in total. The first kappa shape index (κ1) is 13.6. The maximum atomic E-state index is 10.9. The number of nitro groups is 1. The van der Waals surface area contributed by atoms with Crippen molar-refractivity contribution in [3.63, 3.8) is 0 Å². The molecule has 0 amide bonds. The third kappa shape index (κ3) is 3.33. The van der Waals surface area contributed by atoms with Crippen molar-refractivity contribution < 1.29 is 14.4 Å². The number of methoxy groups -OCH3 is 1. The zero-order valence-electron chi connectivity index (χ0n) is 9.83. The van der Waals surface area contributed by atoms with E-state index in [9.17, 15) is 10.1 Å². The molecule has 2 aromatic rings. The zero-order chi connectivity index (χ0) is 13.8. The van der Waals surface area contributed by atoms with Crippen molar-refractivity contribution >= 4 is 28.6 Å². The van der Waals surface area contributed by atoms with Gasteiger partial charge in [0.15, 0.2) is 4.47 Å². The van der Waals surface area contributed by atoms with Crippen LogP contribution >= 0.6 is 22.9 Å². The van der Waals surface area contributed by atoms with E-state index in [2.05, 4.69) is 4.98 Å². The van der Waals surface area contributed by atoms with Crippen LogP contribution < -0.4 is 9.47 Å². The summed E-state index contributed by atoms with van der Waals surface area (Å²) >= 11 is 6.95. The predicted molar refractivity (Wildman–Crippen MR) is 71.1 cm³/mol. The van der Waals surface area contributed by atoms with Gasteiger partial charge in [-0.15, -0.1) is 11.3 Å². The Morgan fingerprint density at radius 3 is 2.89 bits per heavy atom. The zero-order valence-corrected chi connectivity index (χ0v) is 11.4. The van der Waals surface area contributed by atoms with Crippen molar-refractivity contribution in [2.75, 3.05) is 7.11 Å². The standard InChI is InChI=1S/C11H9ClN2O4S/c1-17-7-2-3-9(14(15)16)10(4-7)18-6-8-5-13-11(12)19-8/h2-5H,6H2,1H3. The van der Waals surface area contributed by atoms with E-state index < -0.39 is 4.92 Å². The van der Waals surface area contributed by atoms with Gasteiger partial charge in [-0.05, 0) is 6.07 Å². The minimum atomic E-state index is -0.506. The molecule has 2 rings (SSSR count). The molecule has 0 spiro atoms. The Morgan fingerprint density at radius 2 is 2.32 bits per heavy atom.